The number of hydrogen-bond acceptors (Lipinski definition) is 5. The second-order valence-electron chi connectivity index (χ2n) is 6.82. The standard InChI is InChI=1S/C22H22F3NO4S/c1-13(27)20(31-14(2)28)11-16-6-9-19(30-3)18(10-16)21(29)26-12-15-4-7-17(8-5-15)22(23,24)25/h4-10,20H,11-12H2,1-3H3,(H,26,29). The zero-order valence-electron chi connectivity index (χ0n) is 17.2. The molecule has 2 aromatic rings. The highest BCUT2D eigenvalue weighted by atomic mass is 32.2. The van der Waals surface area contributed by atoms with Crippen LogP contribution in [0.2, 0.25) is 0 Å². The minimum absolute atomic E-state index is 0.0284. The zero-order chi connectivity index (χ0) is 23.2. The fourth-order valence-electron chi connectivity index (χ4n) is 2.83. The van der Waals surface area contributed by atoms with Crippen LogP contribution in [0.25, 0.3) is 0 Å². The summed E-state index contributed by atoms with van der Waals surface area (Å²) in [6, 6.07) is 9.40. The van der Waals surface area contributed by atoms with Gasteiger partial charge < -0.3 is 10.1 Å². The minimum Gasteiger partial charge on any atom is -0.496 e. The Labute approximate surface area is 182 Å². The molecule has 2 rings (SSSR count). The fraction of sp³-hybridized carbons (Fsp3) is 0.318. The van der Waals surface area contributed by atoms with Gasteiger partial charge in [0.15, 0.2) is 5.12 Å². The van der Waals surface area contributed by atoms with Gasteiger partial charge in [-0.3, -0.25) is 14.4 Å². The first-order valence-corrected chi connectivity index (χ1v) is 10.2. The predicted molar refractivity (Wildman–Crippen MR) is 112 cm³/mol. The zero-order valence-corrected chi connectivity index (χ0v) is 18.0. The summed E-state index contributed by atoms with van der Waals surface area (Å²) in [5.74, 6) is -0.311. The summed E-state index contributed by atoms with van der Waals surface area (Å²) in [6.07, 6.45) is -4.16. The first-order valence-electron chi connectivity index (χ1n) is 9.30. The van der Waals surface area contributed by atoms with Crippen LogP contribution in [0.15, 0.2) is 42.5 Å². The van der Waals surface area contributed by atoms with Crippen LogP contribution in [0, 0.1) is 0 Å². The Balaban J connectivity index is 2.14. The molecule has 0 fully saturated rings. The van der Waals surface area contributed by atoms with Crippen LogP contribution < -0.4 is 10.1 Å². The number of thioether (sulfide) groups is 1. The number of benzene rings is 2. The van der Waals surface area contributed by atoms with Crippen molar-refractivity contribution in [3.63, 3.8) is 0 Å². The molecule has 0 spiro atoms. The molecule has 1 unspecified atom stereocenters. The fourth-order valence-corrected chi connectivity index (χ4v) is 3.67. The van der Waals surface area contributed by atoms with Crippen LogP contribution in [-0.4, -0.2) is 29.2 Å². The topological polar surface area (TPSA) is 72.5 Å². The van der Waals surface area contributed by atoms with E-state index < -0.39 is 22.9 Å². The number of alkyl halides is 3. The molecule has 0 bridgehead atoms. The van der Waals surface area contributed by atoms with Gasteiger partial charge in [-0.1, -0.05) is 30.0 Å². The summed E-state index contributed by atoms with van der Waals surface area (Å²) in [5, 5.41) is 1.92. The van der Waals surface area contributed by atoms with E-state index in [0.717, 1.165) is 23.9 Å². The highest BCUT2D eigenvalue weighted by Crippen LogP contribution is 2.29. The maximum absolute atomic E-state index is 12.7. The summed E-state index contributed by atoms with van der Waals surface area (Å²) in [7, 11) is 1.41. The van der Waals surface area contributed by atoms with E-state index in [1.165, 1.54) is 33.1 Å². The quantitative estimate of drug-likeness (QED) is 0.641. The number of ketones is 1. The molecule has 0 aliphatic rings. The van der Waals surface area contributed by atoms with E-state index in [1.807, 2.05) is 0 Å². The molecular weight excluding hydrogens is 431 g/mol. The number of halogens is 3. The van der Waals surface area contributed by atoms with Crippen LogP contribution in [-0.2, 0) is 28.7 Å². The lowest BCUT2D eigenvalue weighted by atomic mass is 10.0. The van der Waals surface area contributed by atoms with Gasteiger partial charge in [-0.25, -0.2) is 0 Å². The smallest absolute Gasteiger partial charge is 0.416 e. The number of amides is 1. The van der Waals surface area contributed by atoms with Crippen LogP contribution in [0.5, 0.6) is 5.75 Å². The third-order valence-electron chi connectivity index (χ3n) is 4.43. The Morgan fingerprint density at radius 1 is 1.03 bits per heavy atom. The maximum Gasteiger partial charge on any atom is 0.416 e. The lowest BCUT2D eigenvalue weighted by Crippen LogP contribution is -2.24. The molecule has 1 amide bonds. The van der Waals surface area contributed by atoms with Crippen molar-refractivity contribution >= 4 is 28.6 Å². The van der Waals surface area contributed by atoms with Crippen molar-refractivity contribution in [2.45, 2.75) is 38.2 Å². The molecule has 1 atom stereocenters. The Morgan fingerprint density at radius 2 is 1.65 bits per heavy atom. The number of methoxy groups -OCH3 is 1. The summed E-state index contributed by atoms with van der Waals surface area (Å²) in [6.45, 7) is 2.82. The number of ether oxygens (including phenoxy) is 1. The second-order valence-corrected chi connectivity index (χ2v) is 8.20. The number of nitrogens with one attached hydrogen (secondary N) is 1. The Hall–Kier alpha value is -2.81. The highest BCUT2D eigenvalue weighted by Gasteiger charge is 2.30. The van der Waals surface area contributed by atoms with E-state index >= 15 is 0 Å². The van der Waals surface area contributed by atoms with Gasteiger partial charge in [0.25, 0.3) is 5.91 Å². The van der Waals surface area contributed by atoms with Gasteiger partial charge >= 0.3 is 6.18 Å². The molecule has 5 nitrogen and oxygen atoms in total. The average Bonchev–Trinajstić information content (AvgIpc) is 2.70. The van der Waals surface area contributed by atoms with E-state index in [0.29, 0.717) is 16.9 Å². The minimum atomic E-state index is -4.42. The predicted octanol–water partition coefficient (Wildman–Crippen LogP) is 4.42. The van der Waals surface area contributed by atoms with Gasteiger partial charge in [-0.15, -0.1) is 0 Å². The molecular formula is C22H22F3NO4S. The van der Waals surface area contributed by atoms with E-state index in [4.69, 9.17) is 4.74 Å². The van der Waals surface area contributed by atoms with Crippen molar-refractivity contribution in [3.05, 3.63) is 64.7 Å². The molecule has 0 saturated carbocycles. The molecule has 0 saturated heterocycles. The number of rotatable bonds is 8. The molecule has 1 N–H and O–H groups in total. The monoisotopic (exact) mass is 453 g/mol. The summed E-state index contributed by atoms with van der Waals surface area (Å²) >= 11 is 0.937. The van der Waals surface area contributed by atoms with Crippen molar-refractivity contribution in [2.24, 2.45) is 0 Å². The third kappa shape index (κ3) is 7.13. The number of hydrogen-bond donors (Lipinski definition) is 1. The van der Waals surface area contributed by atoms with E-state index in [9.17, 15) is 27.6 Å². The van der Waals surface area contributed by atoms with Crippen molar-refractivity contribution in [1.29, 1.82) is 0 Å². The van der Waals surface area contributed by atoms with Crippen molar-refractivity contribution in [2.75, 3.05) is 7.11 Å². The van der Waals surface area contributed by atoms with Gasteiger partial charge in [0.05, 0.1) is 23.5 Å². The van der Waals surface area contributed by atoms with Crippen LogP contribution >= 0.6 is 11.8 Å². The lowest BCUT2D eigenvalue weighted by Gasteiger charge is -2.15. The second kappa shape index (κ2) is 10.5. The van der Waals surface area contributed by atoms with Gasteiger partial charge in [-0.05, 0) is 48.7 Å². The SMILES string of the molecule is COc1ccc(CC(SC(C)=O)C(C)=O)cc1C(=O)NCc1ccc(C(F)(F)F)cc1. The summed E-state index contributed by atoms with van der Waals surface area (Å²) < 4.78 is 43.2. The molecule has 166 valence electrons. The van der Waals surface area contributed by atoms with Crippen molar-refractivity contribution in [3.8, 4) is 5.75 Å². The number of carbonyl (C=O) groups is 3. The third-order valence-corrected chi connectivity index (χ3v) is 5.54. The Morgan fingerprint density at radius 3 is 2.16 bits per heavy atom. The lowest BCUT2D eigenvalue weighted by molar-refractivity contribution is -0.137. The maximum atomic E-state index is 12.7. The summed E-state index contributed by atoms with van der Waals surface area (Å²) in [5.41, 5.74) is 0.642. The molecule has 0 radical (unpaired) electrons. The highest BCUT2D eigenvalue weighted by molar-refractivity contribution is 8.14. The van der Waals surface area contributed by atoms with Gasteiger partial charge in [-0.2, -0.15) is 13.2 Å². The first kappa shape index (κ1) is 24.5. The van der Waals surface area contributed by atoms with Gasteiger partial charge in [0, 0.05) is 13.5 Å². The van der Waals surface area contributed by atoms with Crippen LogP contribution in [0.3, 0.4) is 0 Å². The molecule has 0 heterocycles. The molecule has 31 heavy (non-hydrogen) atoms. The molecule has 2 aromatic carbocycles. The number of Topliss-reactive ketones (excluding diaryl/α,β-unsaturated/α-hetero) is 1. The molecule has 9 heteroatoms. The van der Waals surface area contributed by atoms with Crippen LogP contribution in [0.4, 0.5) is 13.2 Å². The first-order chi connectivity index (χ1) is 14.5. The van der Waals surface area contributed by atoms with E-state index in [1.54, 1.807) is 18.2 Å². The largest absolute Gasteiger partial charge is 0.496 e. The van der Waals surface area contributed by atoms with Crippen molar-refractivity contribution in [1.82, 2.24) is 5.32 Å². The normalized spacial score (nSPS) is 12.2. The summed E-state index contributed by atoms with van der Waals surface area (Å²) in [4.78, 5) is 35.9. The molecule has 0 aliphatic heterocycles. The molecule has 0 aromatic heterocycles. The van der Waals surface area contributed by atoms with Gasteiger partial charge in [0.2, 0.25) is 0 Å². The van der Waals surface area contributed by atoms with E-state index in [2.05, 4.69) is 5.32 Å². The van der Waals surface area contributed by atoms with E-state index in [-0.39, 0.29) is 29.4 Å². The number of carbonyl (C=O) groups excluding carboxylic acids is 3. The average molecular weight is 453 g/mol. The molecule has 0 aliphatic carbocycles. The Kier molecular flexibility index (Phi) is 8.27. The van der Waals surface area contributed by atoms with Gasteiger partial charge in [0.1, 0.15) is 11.5 Å². The Bertz CT molecular complexity index is 958. The van der Waals surface area contributed by atoms with Crippen LogP contribution in [0.1, 0.15) is 40.9 Å². The van der Waals surface area contributed by atoms with Crippen molar-refractivity contribution < 1.29 is 32.3 Å².